The fourth-order valence-corrected chi connectivity index (χ4v) is 1.67. The Morgan fingerprint density at radius 1 is 1.29 bits per heavy atom. The van der Waals surface area contributed by atoms with Gasteiger partial charge >= 0.3 is 23.1 Å². The molecule has 0 aromatic heterocycles. The second-order valence-electron chi connectivity index (χ2n) is 3.33. The zero-order chi connectivity index (χ0) is 9.10. The van der Waals surface area contributed by atoms with E-state index < -0.39 is 0 Å². The van der Waals surface area contributed by atoms with E-state index in [0.717, 1.165) is 25.4 Å². The van der Waals surface area contributed by atoms with Gasteiger partial charge in [0.25, 0.3) is 0 Å². The van der Waals surface area contributed by atoms with E-state index in [1.807, 2.05) is 12.1 Å². The molecule has 3 heteroatoms. The third-order valence-electron chi connectivity index (χ3n) is 2.52. The van der Waals surface area contributed by atoms with E-state index in [2.05, 4.69) is 12.1 Å². The summed E-state index contributed by atoms with van der Waals surface area (Å²) in [4.78, 5) is 0. The fraction of sp³-hybridized carbons (Fsp3) is 0.455. The minimum absolute atomic E-state index is 0. The highest BCUT2D eigenvalue weighted by atomic mass is 24.3. The lowest BCUT2D eigenvalue weighted by Gasteiger charge is -2.08. The number of hydrogen-bond acceptors (Lipinski definition) is 2. The van der Waals surface area contributed by atoms with Gasteiger partial charge in [-0.3, -0.25) is 0 Å². The van der Waals surface area contributed by atoms with E-state index in [1.165, 1.54) is 5.56 Å². The highest BCUT2D eigenvalue weighted by Crippen LogP contribution is 2.26. The molecule has 2 nitrogen and oxygen atoms in total. The van der Waals surface area contributed by atoms with Crippen LogP contribution in [0, 0.1) is 0 Å². The summed E-state index contributed by atoms with van der Waals surface area (Å²) >= 11 is 0. The third kappa shape index (κ3) is 2.62. The van der Waals surface area contributed by atoms with Gasteiger partial charge in [-0.05, 0) is 24.1 Å². The molecule has 1 heterocycles. The summed E-state index contributed by atoms with van der Waals surface area (Å²) in [6.45, 7) is 1.77. The normalized spacial score (nSPS) is 20.2. The van der Waals surface area contributed by atoms with Gasteiger partial charge in [0, 0.05) is 12.5 Å². The maximum atomic E-state index is 5.34. The smallest absolute Gasteiger partial charge is 0.316 e. The first kappa shape index (κ1) is 11.8. The van der Waals surface area contributed by atoms with Gasteiger partial charge in [0.2, 0.25) is 0 Å². The summed E-state index contributed by atoms with van der Waals surface area (Å²) in [5.41, 5.74) is 1.36. The highest BCUT2D eigenvalue weighted by molar-refractivity contribution is 5.75. The number of rotatable bonds is 2. The molecular weight excluding hydrogens is 188 g/mol. The predicted octanol–water partition coefficient (Wildman–Crippen LogP) is 1.28. The van der Waals surface area contributed by atoms with Gasteiger partial charge in [0.1, 0.15) is 5.75 Å². The Bertz CT molecular complexity index is 265. The van der Waals surface area contributed by atoms with Crippen molar-refractivity contribution < 1.29 is 9.47 Å². The van der Waals surface area contributed by atoms with Crippen LogP contribution in [0.5, 0.6) is 5.75 Å². The lowest BCUT2D eigenvalue weighted by molar-refractivity contribution is 0.194. The Morgan fingerprint density at radius 2 is 2.00 bits per heavy atom. The van der Waals surface area contributed by atoms with E-state index in [-0.39, 0.29) is 23.1 Å². The van der Waals surface area contributed by atoms with Gasteiger partial charge in [-0.2, -0.15) is 0 Å². The van der Waals surface area contributed by atoms with E-state index in [1.54, 1.807) is 7.11 Å². The maximum absolute atomic E-state index is 5.34. The van der Waals surface area contributed by atoms with Crippen LogP contribution in [0.4, 0.5) is 0 Å². The molecule has 74 valence electrons. The third-order valence-corrected chi connectivity index (χ3v) is 2.52. The minimum atomic E-state index is 0. The van der Waals surface area contributed by atoms with Crippen molar-refractivity contribution in [3.8, 4) is 5.75 Å². The van der Waals surface area contributed by atoms with Crippen molar-refractivity contribution in [3.05, 3.63) is 29.8 Å². The molecule has 1 aromatic rings. The molecule has 0 aliphatic carbocycles. The van der Waals surface area contributed by atoms with Crippen molar-refractivity contribution in [2.24, 2.45) is 0 Å². The minimum Gasteiger partial charge on any atom is -0.497 e. The molecule has 0 spiro atoms. The average molecular weight is 205 g/mol. The van der Waals surface area contributed by atoms with Crippen molar-refractivity contribution in [2.75, 3.05) is 20.3 Å². The van der Waals surface area contributed by atoms with Gasteiger partial charge in [-0.1, -0.05) is 12.1 Å². The van der Waals surface area contributed by atoms with E-state index >= 15 is 0 Å². The maximum Gasteiger partial charge on any atom is 0.316 e. The summed E-state index contributed by atoms with van der Waals surface area (Å²) in [5.74, 6) is 1.51. The van der Waals surface area contributed by atoms with Crippen molar-refractivity contribution in [2.45, 2.75) is 12.3 Å². The first-order valence-corrected chi connectivity index (χ1v) is 4.62. The Labute approximate surface area is 101 Å². The molecule has 0 amide bonds. The summed E-state index contributed by atoms with van der Waals surface area (Å²) in [6, 6.07) is 8.26. The standard InChI is InChI=1S/C11H14O2.Mg.2H/c1-12-11-4-2-9(3-5-11)10-6-7-13-8-10;;;/h2-5,10H,6-8H2,1H3;;;. The van der Waals surface area contributed by atoms with E-state index in [4.69, 9.17) is 9.47 Å². The second-order valence-corrected chi connectivity index (χ2v) is 3.33. The molecule has 1 unspecified atom stereocenters. The molecule has 0 radical (unpaired) electrons. The van der Waals surface area contributed by atoms with Crippen molar-refractivity contribution in [1.82, 2.24) is 0 Å². The van der Waals surface area contributed by atoms with Crippen LogP contribution in [0.3, 0.4) is 0 Å². The molecule has 1 fully saturated rings. The molecule has 2 rings (SSSR count). The zero-order valence-corrected chi connectivity index (χ0v) is 7.82. The Hall–Kier alpha value is -0.254. The van der Waals surface area contributed by atoms with E-state index in [0.29, 0.717) is 5.92 Å². The number of benzene rings is 1. The molecule has 1 aliphatic rings. The largest absolute Gasteiger partial charge is 0.497 e. The van der Waals surface area contributed by atoms with Crippen LogP contribution >= 0.6 is 0 Å². The molecule has 0 N–H and O–H groups in total. The van der Waals surface area contributed by atoms with Gasteiger partial charge < -0.3 is 9.47 Å². The number of ether oxygens (including phenoxy) is 2. The monoisotopic (exact) mass is 204 g/mol. The zero-order valence-electron chi connectivity index (χ0n) is 7.82. The number of hydrogen-bond donors (Lipinski definition) is 0. The molecule has 0 bridgehead atoms. The van der Waals surface area contributed by atoms with Crippen molar-refractivity contribution >= 4 is 23.1 Å². The van der Waals surface area contributed by atoms with Gasteiger partial charge in [-0.25, -0.2) is 0 Å². The van der Waals surface area contributed by atoms with E-state index in [9.17, 15) is 0 Å². The lowest BCUT2D eigenvalue weighted by atomic mass is 9.99. The number of methoxy groups -OCH3 is 1. The molecule has 1 aliphatic heterocycles. The van der Waals surface area contributed by atoms with Crippen LogP contribution in [0.1, 0.15) is 17.9 Å². The summed E-state index contributed by atoms with van der Waals surface area (Å²) in [6.07, 6.45) is 1.15. The Balaban J connectivity index is 0.000000980. The van der Waals surface area contributed by atoms with Gasteiger partial charge in [0.15, 0.2) is 0 Å². The topological polar surface area (TPSA) is 18.5 Å². The molecule has 1 saturated heterocycles. The van der Waals surface area contributed by atoms with Crippen molar-refractivity contribution in [3.63, 3.8) is 0 Å². The predicted molar refractivity (Wildman–Crippen MR) is 59.7 cm³/mol. The average Bonchev–Trinajstić information content (AvgIpc) is 2.71. The van der Waals surface area contributed by atoms with Gasteiger partial charge in [0.05, 0.1) is 13.7 Å². The lowest BCUT2D eigenvalue weighted by Crippen LogP contribution is -1.96. The summed E-state index contributed by atoms with van der Waals surface area (Å²) < 4.78 is 10.4. The molecule has 0 saturated carbocycles. The van der Waals surface area contributed by atoms with Crippen molar-refractivity contribution in [1.29, 1.82) is 0 Å². The fourth-order valence-electron chi connectivity index (χ4n) is 1.67. The quantitative estimate of drug-likeness (QED) is 0.676. The molecule has 1 atom stereocenters. The SMILES string of the molecule is COc1ccc(C2CCOC2)cc1.[MgH2]. The molecular formula is C11H16MgO2. The first-order chi connectivity index (χ1) is 6.40. The molecule has 14 heavy (non-hydrogen) atoms. The first-order valence-electron chi connectivity index (χ1n) is 4.62. The van der Waals surface area contributed by atoms with Crippen LogP contribution in [0.15, 0.2) is 24.3 Å². The highest BCUT2D eigenvalue weighted by Gasteiger charge is 2.17. The van der Waals surface area contributed by atoms with Crippen LogP contribution in [-0.2, 0) is 4.74 Å². The Kier molecular flexibility index (Phi) is 4.71. The van der Waals surface area contributed by atoms with Crippen LogP contribution in [-0.4, -0.2) is 43.4 Å². The Morgan fingerprint density at radius 3 is 2.50 bits per heavy atom. The van der Waals surface area contributed by atoms with Crippen LogP contribution in [0.2, 0.25) is 0 Å². The second kappa shape index (κ2) is 5.58. The van der Waals surface area contributed by atoms with Gasteiger partial charge in [-0.15, -0.1) is 0 Å². The summed E-state index contributed by atoms with van der Waals surface area (Å²) in [5, 5.41) is 0. The van der Waals surface area contributed by atoms with Crippen LogP contribution < -0.4 is 4.74 Å². The van der Waals surface area contributed by atoms with Crippen LogP contribution in [0.25, 0.3) is 0 Å². The summed E-state index contributed by atoms with van der Waals surface area (Å²) in [7, 11) is 1.69. The molecule has 1 aromatic carbocycles.